The quantitative estimate of drug-likeness (QED) is 0.612. The number of nitro groups is 1. The molecular weight excluding hydrogens is 238 g/mol. The Bertz CT molecular complexity index is 489. The topological polar surface area (TPSA) is 93.5 Å². The van der Waals surface area contributed by atoms with Crippen molar-refractivity contribution >= 4 is 17.3 Å². The molecule has 1 unspecified atom stereocenters. The van der Waals surface area contributed by atoms with Crippen LogP contribution in [0.2, 0.25) is 0 Å². The van der Waals surface area contributed by atoms with E-state index >= 15 is 0 Å². The average molecular weight is 251 g/mol. The third-order valence-electron chi connectivity index (χ3n) is 2.74. The lowest BCUT2D eigenvalue weighted by molar-refractivity contribution is -0.384. The Labute approximate surface area is 103 Å². The number of hydrogen-bond acceptors (Lipinski definition) is 5. The van der Waals surface area contributed by atoms with Gasteiger partial charge in [-0.1, -0.05) is 0 Å². The normalized spacial score (nSPS) is 18.3. The van der Waals surface area contributed by atoms with E-state index < -0.39 is 4.92 Å². The second-order valence-electron chi connectivity index (χ2n) is 3.99. The number of rotatable bonds is 4. The lowest BCUT2D eigenvalue weighted by Crippen LogP contribution is -2.22. The molecule has 0 spiro atoms. The maximum Gasteiger partial charge on any atom is 0.292 e. The van der Waals surface area contributed by atoms with Crippen LogP contribution in [0.25, 0.3) is 0 Å². The number of anilines is 1. The van der Waals surface area contributed by atoms with Crippen molar-refractivity contribution in [3.63, 3.8) is 0 Å². The van der Waals surface area contributed by atoms with Crippen LogP contribution >= 0.6 is 0 Å². The highest BCUT2D eigenvalue weighted by molar-refractivity contribution is 5.80. The van der Waals surface area contributed by atoms with E-state index in [1.807, 2.05) is 0 Å². The summed E-state index contributed by atoms with van der Waals surface area (Å²) in [5.41, 5.74) is 0.330. The number of nitro benzene ring substituents is 1. The van der Waals surface area contributed by atoms with Gasteiger partial charge in [0.1, 0.15) is 11.4 Å². The highest BCUT2D eigenvalue weighted by Gasteiger charge is 2.24. The lowest BCUT2D eigenvalue weighted by Gasteiger charge is -2.13. The molecule has 2 N–H and O–H groups in total. The van der Waals surface area contributed by atoms with Crippen LogP contribution in [-0.4, -0.2) is 30.5 Å². The summed E-state index contributed by atoms with van der Waals surface area (Å²) in [6.07, 6.45) is 0.314. The molecule has 0 aromatic heterocycles. The van der Waals surface area contributed by atoms with E-state index in [1.165, 1.54) is 19.2 Å². The van der Waals surface area contributed by atoms with Gasteiger partial charge in [0.2, 0.25) is 5.91 Å². The molecule has 7 heteroatoms. The Morgan fingerprint density at radius 1 is 1.56 bits per heavy atom. The molecule has 1 aliphatic rings. The summed E-state index contributed by atoms with van der Waals surface area (Å²) in [6, 6.07) is 4.33. The maximum atomic E-state index is 11.1. The number of amides is 1. The molecule has 1 heterocycles. The number of benzene rings is 1. The fraction of sp³-hybridized carbons (Fsp3) is 0.364. The van der Waals surface area contributed by atoms with E-state index in [1.54, 1.807) is 6.07 Å². The van der Waals surface area contributed by atoms with Crippen molar-refractivity contribution < 1.29 is 14.5 Å². The van der Waals surface area contributed by atoms with Crippen molar-refractivity contribution in [2.75, 3.05) is 19.0 Å². The SMILES string of the molecule is COc1ccc([N+](=O)[O-])c(NC2CNC(=O)C2)c1. The van der Waals surface area contributed by atoms with Crippen molar-refractivity contribution in [2.45, 2.75) is 12.5 Å². The van der Waals surface area contributed by atoms with Crippen LogP contribution in [0.15, 0.2) is 18.2 Å². The summed E-state index contributed by atoms with van der Waals surface area (Å²) >= 11 is 0. The molecule has 0 bridgehead atoms. The standard InChI is InChI=1S/C11H13N3O4/c1-18-8-2-3-10(14(16)17)9(5-8)13-7-4-11(15)12-6-7/h2-3,5,7,13H,4,6H2,1H3,(H,12,15). The van der Waals surface area contributed by atoms with E-state index in [4.69, 9.17) is 4.74 Å². The summed E-state index contributed by atoms with van der Waals surface area (Å²) in [5, 5.41) is 16.6. The summed E-state index contributed by atoms with van der Waals surface area (Å²) in [7, 11) is 1.49. The smallest absolute Gasteiger partial charge is 0.292 e. The second-order valence-corrected chi connectivity index (χ2v) is 3.99. The Hall–Kier alpha value is -2.31. The summed E-state index contributed by atoms with van der Waals surface area (Å²) in [6.45, 7) is 0.465. The highest BCUT2D eigenvalue weighted by Crippen LogP contribution is 2.29. The molecule has 0 saturated carbocycles. The zero-order chi connectivity index (χ0) is 13.1. The van der Waals surface area contributed by atoms with Crippen molar-refractivity contribution in [3.05, 3.63) is 28.3 Å². The van der Waals surface area contributed by atoms with E-state index in [9.17, 15) is 14.9 Å². The van der Waals surface area contributed by atoms with E-state index in [2.05, 4.69) is 10.6 Å². The van der Waals surface area contributed by atoms with Crippen LogP contribution in [0.5, 0.6) is 5.75 Å². The fourth-order valence-electron chi connectivity index (χ4n) is 1.84. The Balaban J connectivity index is 2.23. The number of methoxy groups -OCH3 is 1. The van der Waals surface area contributed by atoms with Gasteiger partial charge in [-0.05, 0) is 6.07 Å². The molecule has 18 heavy (non-hydrogen) atoms. The van der Waals surface area contributed by atoms with Gasteiger partial charge in [-0.25, -0.2) is 0 Å². The van der Waals surface area contributed by atoms with Gasteiger partial charge in [0.05, 0.1) is 18.1 Å². The molecule has 1 fully saturated rings. The van der Waals surface area contributed by atoms with Crippen LogP contribution in [0.1, 0.15) is 6.42 Å². The molecule has 1 atom stereocenters. The molecule has 0 aliphatic carbocycles. The van der Waals surface area contributed by atoms with Gasteiger partial charge in [-0.2, -0.15) is 0 Å². The Morgan fingerprint density at radius 3 is 2.89 bits per heavy atom. The number of hydrogen-bond donors (Lipinski definition) is 2. The highest BCUT2D eigenvalue weighted by atomic mass is 16.6. The molecule has 1 aromatic carbocycles. The zero-order valence-electron chi connectivity index (χ0n) is 9.80. The summed E-state index contributed by atoms with van der Waals surface area (Å²) in [4.78, 5) is 21.5. The third kappa shape index (κ3) is 2.50. The van der Waals surface area contributed by atoms with Crippen molar-refractivity contribution in [1.29, 1.82) is 0 Å². The molecule has 0 radical (unpaired) electrons. The maximum absolute atomic E-state index is 11.1. The van der Waals surface area contributed by atoms with Crippen LogP contribution in [0.3, 0.4) is 0 Å². The van der Waals surface area contributed by atoms with Gasteiger partial charge in [0.15, 0.2) is 0 Å². The number of nitrogens with zero attached hydrogens (tertiary/aromatic N) is 1. The minimum absolute atomic E-state index is 0.0323. The summed E-state index contributed by atoms with van der Waals surface area (Å²) in [5.74, 6) is 0.471. The minimum atomic E-state index is -0.466. The molecule has 1 saturated heterocycles. The lowest BCUT2D eigenvalue weighted by atomic mass is 10.2. The van der Waals surface area contributed by atoms with Crippen molar-refractivity contribution in [3.8, 4) is 5.75 Å². The first-order valence-electron chi connectivity index (χ1n) is 5.46. The van der Waals surface area contributed by atoms with Gasteiger partial charge < -0.3 is 15.4 Å². The van der Waals surface area contributed by atoms with Gasteiger partial charge in [-0.3, -0.25) is 14.9 Å². The van der Waals surface area contributed by atoms with Crippen LogP contribution < -0.4 is 15.4 Å². The molecule has 96 valence electrons. The van der Waals surface area contributed by atoms with Crippen molar-refractivity contribution in [2.24, 2.45) is 0 Å². The van der Waals surface area contributed by atoms with Crippen LogP contribution in [-0.2, 0) is 4.79 Å². The first-order chi connectivity index (χ1) is 8.60. The number of carbonyl (C=O) groups excluding carboxylic acids is 1. The molecule has 2 rings (SSSR count). The molecule has 7 nitrogen and oxygen atoms in total. The molecular formula is C11H13N3O4. The van der Waals surface area contributed by atoms with Gasteiger partial charge >= 0.3 is 0 Å². The zero-order valence-corrected chi connectivity index (χ0v) is 9.80. The third-order valence-corrected chi connectivity index (χ3v) is 2.74. The predicted molar refractivity (Wildman–Crippen MR) is 64.7 cm³/mol. The Kier molecular flexibility index (Phi) is 3.31. The average Bonchev–Trinajstić information content (AvgIpc) is 2.74. The first kappa shape index (κ1) is 12.2. The fourth-order valence-corrected chi connectivity index (χ4v) is 1.84. The number of nitrogens with one attached hydrogen (secondary N) is 2. The molecule has 1 aliphatic heterocycles. The van der Waals surface area contributed by atoms with Crippen LogP contribution in [0, 0.1) is 10.1 Å². The minimum Gasteiger partial charge on any atom is -0.497 e. The summed E-state index contributed by atoms with van der Waals surface area (Å²) < 4.78 is 5.03. The van der Waals surface area contributed by atoms with E-state index in [-0.39, 0.29) is 17.6 Å². The second kappa shape index (κ2) is 4.91. The molecule has 1 amide bonds. The first-order valence-corrected chi connectivity index (χ1v) is 5.46. The monoisotopic (exact) mass is 251 g/mol. The number of ether oxygens (including phenoxy) is 1. The van der Waals surface area contributed by atoms with E-state index in [0.717, 1.165) is 0 Å². The van der Waals surface area contributed by atoms with Gasteiger partial charge in [0.25, 0.3) is 5.69 Å². The number of carbonyl (C=O) groups is 1. The van der Waals surface area contributed by atoms with Crippen molar-refractivity contribution in [1.82, 2.24) is 5.32 Å². The van der Waals surface area contributed by atoms with E-state index in [0.29, 0.717) is 24.4 Å². The predicted octanol–water partition coefficient (Wildman–Crippen LogP) is 0.904. The van der Waals surface area contributed by atoms with Gasteiger partial charge in [-0.15, -0.1) is 0 Å². The largest absolute Gasteiger partial charge is 0.497 e. The van der Waals surface area contributed by atoms with Gasteiger partial charge in [0, 0.05) is 25.1 Å². The molecule has 1 aromatic rings. The van der Waals surface area contributed by atoms with Crippen LogP contribution in [0.4, 0.5) is 11.4 Å². The Morgan fingerprint density at radius 2 is 2.33 bits per heavy atom.